The molecule has 4 N–H and O–H groups in total. The third kappa shape index (κ3) is 2.59. The van der Waals surface area contributed by atoms with Gasteiger partial charge in [0.25, 0.3) is 0 Å². The van der Waals surface area contributed by atoms with Crippen LogP contribution in [0.2, 0.25) is 0 Å². The summed E-state index contributed by atoms with van der Waals surface area (Å²) in [7, 11) is 1.89. The van der Waals surface area contributed by atoms with Crippen molar-refractivity contribution in [1.29, 1.82) is 0 Å². The van der Waals surface area contributed by atoms with Crippen molar-refractivity contribution in [3.05, 3.63) is 45.5 Å². The molecule has 5 rings (SSSR count). The Morgan fingerprint density at radius 3 is 2.56 bits per heavy atom. The fourth-order valence-electron chi connectivity index (χ4n) is 6.12. The van der Waals surface area contributed by atoms with Crippen LogP contribution < -0.4 is 0 Å². The number of likely N-dealkylation sites (tertiary alicyclic amines) is 1. The van der Waals surface area contributed by atoms with E-state index >= 15 is 4.39 Å². The Labute approximate surface area is 184 Å². The first-order valence-corrected chi connectivity index (χ1v) is 11.0. The van der Waals surface area contributed by atoms with Gasteiger partial charge < -0.3 is 20.4 Å². The van der Waals surface area contributed by atoms with Crippen molar-refractivity contribution in [2.75, 3.05) is 13.6 Å². The molecule has 0 aromatic heterocycles. The van der Waals surface area contributed by atoms with E-state index in [1.165, 1.54) is 13.0 Å². The monoisotopic (exact) mass is 443 g/mol. The van der Waals surface area contributed by atoms with Gasteiger partial charge in [-0.2, -0.15) is 0 Å². The number of benzene rings is 1. The van der Waals surface area contributed by atoms with Gasteiger partial charge in [-0.05, 0) is 58.2 Å². The molecule has 170 valence electrons. The number of fused-ring (bicyclic) bond motifs is 3. The minimum absolute atomic E-state index is 0.0500. The molecule has 4 aliphatic rings. The molecule has 1 saturated heterocycles. The van der Waals surface area contributed by atoms with Crippen LogP contribution in [0.5, 0.6) is 5.75 Å². The summed E-state index contributed by atoms with van der Waals surface area (Å²) in [6.07, 6.45) is 1.72. The van der Waals surface area contributed by atoms with Crippen molar-refractivity contribution in [1.82, 2.24) is 4.90 Å². The van der Waals surface area contributed by atoms with Crippen LogP contribution in [0.3, 0.4) is 0 Å². The van der Waals surface area contributed by atoms with Crippen molar-refractivity contribution in [3.63, 3.8) is 0 Å². The third-order valence-electron chi connectivity index (χ3n) is 7.92. The normalized spacial score (nSPS) is 32.8. The van der Waals surface area contributed by atoms with E-state index in [0.29, 0.717) is 5.56 Å². The molecule has 1 aliphatic heterocycles. The molecular weight excluding hydrogens is 417 g/mol. The first kappa shape index (κ1) is 21.2. The fraction of sp³-hybridized carbons (Fsp3) is 0.500. The van der Waals surface area contributed by atoms with Gasteiger partial charge in [0.05, 0.1) is 5.56 Å². The molecule has 0 bridgehead atoms. The number of ketones is 2. The van der Waals surface area contributed by atoms with Gasteiger partial charge in [-0.25, -0.2) is 4.39 Å². The zero-order valence-electron chi connectivity index (χ0n) is 18.0. The fourth-order valence-corrected chi connectivity index (χ4v) is 6.12. The van der Waals surface area contributed by atoms with Gasteiger partial charge in [0.15, 0.2) is 11.4 Å². The van der Waals surface area contributed by atoms with Gasteiger partial charge in [-0.15, -0.1) is 0 Å². The molecule has 1 saturated carbocycles. The van der Waals surface area contributed by atoms with Crippen LogP contribution in [0.25, 0.3) is 5.76 Å². The number of aromatic hydroxyl groups is 1. The molecular formula is C24H26FNO6. The molecule has 0 radical (unpaired) electrons. The maximum Gasteiger partial charge on any atom is 0.202 e. The van der Waals surface area contributed by atoms with Gasteiger partial charge in [-0.3, -0.25) is 14.5 Å². The average Bonchev–Trinajstić information content (AvgIpc) is 3.17. The van der Waals surface area contributed by atoms with Gasteiger partial charge in [0, 0.05) is 40.7 Å². The number of rotatable bonds is 1. The van der Waals surface area contributed by atoms with Crippen LogP contribution >= 0.6 is 0 Å². The second-order valence-corrected chi connectivity index (χ2v) is 9.58. The van der Waals surface area contributed by atoms with Gasteiger partial charge >= 0.3 is 0 Å². The highest BCUT2D eigenvalue weighted by atomic mass is 19.1. The number of hydrogen-bond acceptors (Lipinski definition) is 7. The molecule has 2 fully saturated rings. The van der Waals surface area contributed by atoms with Crippen molar-refractivity contribution in [2.24, 2.45) is 11.8 Å². The Balaban J connectivity index is 1.67. The molecule has 1 heterocycles. The number of halogens is 1. The SMILES string of the molecule is CC1=C(O)[C@@]2(O)C(=O)C3=C(O)c4c(O)cc(C5CCCN5C)c(F)c4CC3C[C@H]2CC1=O. The molecule has 1 aromatic carbocycles. The Morgan fingerprint density at radius 2 is 1.91 bits per heavy atom. The topological polar surface area (TPSA) is 118 Å². The standard InChI is InChI=1S/C24H26FNO6/c1-10-16(27)8-12-6-11-7-14-19(21(29)18(11)23(31)24(12,32)22(10)30)17(28)9-13(20(14)25)15-4-3-5-26(15)2/h9,11-12,15,28-30,32H,3-8H2,1-2H3/t11?,12-,15?,24+/m0/s1. The first-order valence-electron chi connectivity index (χ1n) is 11.0. The molecule has 3 aliphatic carbocycles. The molecule has 4 atom stereocenters. The highest BCUT2D eigenvalue weighted by molar-refractivity contribution is 6.13. The second-order valence-electron chi connectivity index (χ2n) is 9.58. The van der Waals surface area contributed by atoms with E-state index in [1.807, 2.05) is 11.9 Å². The zero-order chi connectivity index (χ0) is 23.1. The van der Waals surface area contributed by atoms with E-state index in [-0.39, 0.29) is 59.1 Å². The Morgan fingerprint density at radius 1 is 1.19 bits per heavy atom. The number of Topliss-reactive ketones (excluding diaryl/α,β-unsaturated/α-hetero) is 2. The molecule has 2 unspecified atom stereocenters. The lowest BCUT2D eigenvalue weighted by molar-refractivity contribution is -0.147. The number of aliphatic hydroxyl groups excluding tert-OH is 2. The summed E-state index contributed by atoms with van der Waals surface area (Å²) in [6.45, 7) is 2.16. The van der Waals surface area contributed by atoms with Gasteiger partial charge in [0.1, 0.15) is 23.1 Å². The second kappa shape index (κ2) is 6.89. The number of carbonyl (C=O) groups is 2. The van der Waals surface area contributed by atoms with E-state index in [4.69, 9.17) is 0 Å². The van der Waals surface area contributed by atoms with E-state index < -0.39 is 40.6 Å². The highest BCUT2D eigenvalue weighted by Gasteiger charge is 2.59. The summed E-state index contributed by atoms with van der Waals surface area (Å²) in [4.78, 5) is 27.6. The number of carbonyl (C=O) groups excluding carboxylic acids is 2. The zero-order valence-corrected chi connectivity index (χ0v) is 18.0. The largest absolute Gasteiger partial charge is 0.508 e. The molecule has 7 nitrogen and oxygen atoms in total. The average molecular weight is 443 g/mol. The van der Waals surface area contributed by atoms with Crippen LogP contribution in [0.15, 0.2) is 23.0 Å². The highest BCUT2D eigenvalue weighted by Crippen LogP contribution is 2.52. The van der Waals surface area contributed by atoms with Crippen LogP contribution in [-0.2, 0) is 16.0 Å². The number of allylic oxidation sites excluding steroid dienone is 1. The Bertz CT molecular complexity index is 1140. The molecule has 8 heteroatoms. The summed E-state index contributed by atoms with van der Waals surface area (Å²) in [5, 5.41) is 43.4. The number of nitrogens with zero attached hydrogens (tertiary/aromatic N) is 1. The van der Waals surface area contributed by atoms with Crippen LogP contribution in [0, 0.1) is 17.7 Å². The summed E-state index contributed by atoms with van der Waals surface area (Å²) in [6, 6.07) is 1.13. The van der Waals surface area contributed by atoms with Gasteiger partial charge in [0.2, 0.25) is 5.78 Å². The predicted molar refractivity (Wildman–Crippen MR) is 112 cm³/mol. The van der Waals surface area contributed by atoms with E-state index in [0.717, 1.165) is 19.4 Å². The Hall–Kier alpha value is -2.71. The lowest BCUT2D eigenvalue weighted by atomic mass is 9.59. The first-order chi connectivity index (χ1) is 15.1. The summed E-state index contributed by atoms with van der Waals surface area (Å²) < 4.78 is 15.7. The molecule has 0 amide bonds. The lowest BCUT2D eigenvalue weighted by Gasteiger charge is -2.46. The predicted octanol–water partition coefficient (Wildman–Crippen LogP) is 2.86. The summed E-state index contributed by atoms with van der Waals surface area (Å²) in [5.74, 6) is -4.84. The third-order valence-corrected chi connectivity index (χ3v) is 7.92. The number of aliphatic hydroxyl groups is 3. The van der Waals surface area contributed by atoms with Crippen molar-refractivity contribution < 1.29 is 34.4 Å². The van der Waals surface area contributed by atoms with Crippen molar-refractivity contribution >= 4 is 17.3 Å². The molecule has 1 aromatic rings. The smallest absolute Gasteiger partial charge is 0.202 e. The number of hydrogen-bond donors (Lipinski definition) is 4. The number of phenolic OH excluding ortho intramolecular Hbond substituents is 1. The number of phenols is 1. The maximum absolute atomic E-state index is 15.7. The van der Waals surface area contributed by atoms with Gasteiger partial charge in [-0.1, -0.05) is 0 Å². The Kier molecular flexibility index (Phi) is 4.56. The summed E-state index contributed by atoms with van der Waals surface area (Å²) in [5.41, 5.74) is -2.16. The quantitative estimate of drug-likeness (QED) is 0.527. The molecule has 32 heavy (non-hydrogen) atoms. The minimum atomic E-state index is -2.31. The van der Waals surface area contributed by atoms with Crippen LogP contribution in [0.1, 0.15) is 55.3 Å². The van der Waals surface area contributed by atoms with E-state index in [2.05, 4.69) is 0 Å². The van der Waals surface area contributed by atoms with Crippen LogP contribution in [-0.4, -0.2) is 56.1 Å². The van der Waals surface area contributed by atoms with E-state index in [9.17, 15) is 30.0 Å². The van der Waals surface area contributed by atoms with E-state index in [1.54, 1.807) is 0 Å². The summed E-state index contributed by atoms with van der Waals surface area (Å²) >= 11 is 0. The van der Waals surface area contributed by atoms with Crippen LogP contribution in [0.4, 0.5) is 4.39 Å². The van der Waals surface area contributed by atoms with Crippen molar-refractivity contribution in [3.8, 4) is 5.75 Å². The maximum atomic E-state index is 15.7. The lowest BCUT2D eigenvalue weighted by Crippen LogP contribution is -2.57. The molecule has 0 spiro atoms. The minimum Gasteiger partial charge on any atom is -0.508 e. The van der Waals surface area contributed by atoms with Crippen molar-refractivity contribution in [2.45, 2.75) is 50.7 Å².